The van der Waals surface area contributed by atoms with Crippen LogP contribution in [0.3, 0.4) is 0 Å². The average molecular weight is 138 g/mol. The second-order valence-electron chi connectivity index (χ2n) is 1.95. The summed E-state index contributed by atoms with van der Waals surface area (Å²) in [4.78, 5) is 0.992. The van der Waals surface area contributed by atoms with Crippen molar-refractivity contribution < 1.29 is 0 Å². The molecule has 2 aromatic rings. The molecule has 1 aromatic carbocycles. The third kappa shape index (κ3) is 0.580. The van der Waals surface area contributed by atoms with Crippen molar-refractivity contribution in [1.29, 1.82) is 0 Å². The average Bonchev–Trinajstić information content (AvgIpc) is 1.74. The molecule has 3 heteroatoms. The van der Waals surface area contributed by atoms with E-state index in [1.807, 2.05) is 18.2 Å². The predicted molar refractivity (Wildman–Crippen MR) is 39.9 cm³/mol. The van der Waals surface area contributed by atoms with Crippen molar-refractivity contribution >= 4 is 23.7 Å². The molecule has 0 aliphatic rings. The maximum Gasteiger partial charge on any atom is 0.0922 e. The Morgan fingerprint density at radius 3 is 2.56 bits per heavy atom. The summed E-state index contributed by atoms with van der Waals surface area (Å²) in [7, 11) is 0. The molecule has 0 atom stereocenters. The number of benzene rings is 1. The van der Waals surface area contributed by atoms with Crippen molar-refractivity contribution in [2.45, 2.75) is 4.90 Å². The van der Waals surface area contributed by atoms with Gasteiger partial charge in [-0.1, -0.05) is 6.07 Å². The maximum atomic E-state index is 4.22. The van der Waals surface area contributed by atoms with Crippen molar-refractivity contribution in [3.63, 3.8) is 0 Å². The van der Waals surface area contributed by atoms with E-state index in [4.69, 9.17) is 0 Å². The van der Waals surface area contributed by atoms with Gasteiger partial charge in [0.1, 0.15) is 0 Å². The molecule has 2 nitrogen and oxygen atoms in total. The number of thiol groups is 1. The molecule has 46 valence electrons. The van der Waals surface area contributed by atoms with Crippen LogP contribution in [0.15, 0.2) is 23.1 Å². The van der Waals surface area contributed by atoms with Crippen LogP contribution in [0.4, 0.5) is 0 Å². The largest absolute Gasteiger partial charge is 0.299 e. The third-order valence-corrected chi connectivity index (χ3v) is 1.74. The van der Waals surface area contributed by atoms with E-state index in [-0.39, 0.29) is 0 Å². The van der Waals surface area contributed by atoms with Gasteiger partial charge in [0.15, 0.2) is 0 Å². The Morgan fingerprint density at radius 2 is 2.11 bits per heavy atom. The smallest absolute Gasteiger partial charge is 0.0922 e. The van der Waals surface area contributed by atoms with Gasteiger partial charge in [0.2, 0.25) is 0 Å². The number of aromatic amines is 2. The molecule has 0 aliphatic heterocycles. The number of hydrogen-bond acceptors (Lipinski definition) is 1. The van der Waals surface area contributed by atoms with E-state index in [1.165, 1.54) is 0 Å². The van der Waals surface area contributed by atoms with Gasteiger partial charge in [-0.15, -0.1) is 12.6 Å². The molecule has 2 N–H and O–H groups in total. The molecule has 0 saturated carbocycles. The molecule has 9 heavy (non-hydrogen) atoms. The third-order valence-electron chi connectivity index (χ3n) is 1.36. The minimum absolute atomic E-state index is 0.992. The topological polar surface area (TPSA) is 31.6 Å². The first-order valence-corrected chi connectivity index (χ1v) is 3.16. The van der Waals surface area contributed by atoms with Gasteiger partial charge in [0.25, 0.3) is 0 Å². The lowest BCUT2D eigenvalue weighted by Gasteiger charge is -2.03. The molecule has 0 fully saturated rings. The van der Waals surface area contributed by atoms with E-state index >= 15 is 0 Å². The zero-order chi connectivity index (χ0) is 6.27. The van der Waals surface area contributed by atoms with Gasteiger partial charge in [-0.25, -0.2) is 0 Å². The van der Waals surface area contributed by atoms with Crippen LogP contribution < -0.4 is 0 Å². The van der Waals surface area contributed by atoms with E-state index in [9.17, 15) is 0 Å². The highest BCUT2D eigenvalue weighted by Crippen LogP contribution is 2.18. The summed E-state index contributed by atoms with van der Waals surface area (Å²) in [6.07, 6.45) is 0. The summed E-state index contributed by atoms with van der Waals surface area (Å²) >= 11 is 4.22. The van der Waals surface area contributed by atoms with Gasteiger partial charge in [-0.05, 0) is 12.1 Å². The standard InChI is InChI=1S/C6H6N2S/c9-5-3-1-2-4-6(5)8-7-4/h1-3,7-9H. The fourth-order valence-electron chi connectivity index (χ4n) is 0.843. The lowest BCUT2D eigenvalue weighted by molar-refractivity contribution is 1.05. The van der Waals surface area contributed by atoms with Crippen molar-refractivity contribution in [2.75, 3.05) is 0 Å². The van der Waals surface area contributed by atoms with Crippen molar-refractivity contribution in [1.82, 2.24) is 10.2 Å². The highest BCUT2D eigenvalue weighted by atomic mass is 32.1. The van der Waals surface area contributed by atoms with Crippen molar-refractivity contribution in [2.24, 2.45) is 0 Å². The van der Waals surface area contributed by atoms with Crippen LogP contribution >= 0.6 is 12.6 Å². The monoisotopic (exact) mass is 138 g/mol. The molecule has 0 amide bonds. The second kappa shape index (κ2) is 1.57. The summed E-state index contributed by atoms with van der Waals surface area (Å²) < 4.78 is 0. The Labute approximate surface area is 57.7 Å². The van der Waals surface area contributed by atoms with Gasteiger partial charge in [-0.3, -0.25) is 10.2 Å². The summed E-state index contributed by atoms with van der Waals surface area (Å²) in [5.74, 6) is 0. The lowest BCUT2D eigenvalue weighted by Crippen LogP contribution is -1.90. The Hall–Kier alpha value is -0.830. The number of para-hydroxylation sites is 1. The number of rotatable bonds is 0. The normalized spacial score (nSPS) is 10.8. The minimum Gasteiger partial charge on any atom is -0.299 e. The van der Waals surface area contributed by atoms with Crippen LogP contribution in [0.2, 0.25) is 0 Å². The number of fused-ring (bicyclic) bond motifs is 1. The Bertz CT molecular complexity index is 320. The van der Waals surface area contributed by atoms with Gasteiger partial charge < -0.3 is 0 Å². The van der Waals surface area contributed by atoms with Crippen LogP contribution in [0, 0.1) is 0 Å². The van der Waals surface area contributed by atoms with Crippen LogP contribution in [-0.4, -0.2) is 10.2 Å². The summed E-state index contributed by atoms with van der Waals surface area (Å²) in [5.41, 5.74) is 2.23. The summed E-state index contributed by atoms with van der Waals surface area (Å²) in [5, 5.41) is 5.86. The molecular weight excluding hydrogens is 132 g/mol. The van der Waals surface area contributed by atoms with Crippen molar-refractivity contribution in [3.8, 4) is 0 Å². The first-order chi connectivity index (χ1) is 4.38. The second-order valence-corrected chi connectivity index (χ2v) is 2.43. The van der Waals surface area contributed by atoms with E-state index in [2.05, 4.69) is 22.8 Å². The minimum atomic E-state index is 0.992. The fraction of sp³-hybridized carbons (Fsp3) is 0. The molecule has 0 unspecified atom stereocenters. The zero-order valence-electron chi connectivity index (χ0n) is 4.68. The van der Waals surface area contributed by atoms with Gasteiger partial charge >= 0.3 is 0 Å². The number of H-pyrrole nitrogens is 2. The molecule has 0 radical (unpaired) electrons. The number of aromatic nitrogens is 2. The molecule has 0 saturated heterocycles. The lowest BCUT2D eigenvalue weighted by atomic mass is 10.3. The van der Waals surface area contributed by atoms with E-state index in [1.54, 1.807) is 0 Å². The molecule has 1 heterocycles. The van der Waals surface area contributed by atoms with Gasteiger partial charge in [-0.2, -0.15) is 0 Å². The molecular formula is C6H6N2S. The highest BCUT2D eigenvalue weighted by molar-refractivity contribution is 7.80. The fourth-order valence-corrected chi connectivity index (χ4v) is 1.11. The quantitative estimate of drug-likeness (QED) is 0.464. The van der Waals surface area contributed by atoms with E-state index in [0.29, 0.717) is 0 Å². The molecule has 0 bridgehead atoms. The predicted octanol–water partition coefficient (Wildman–Crippen LogP) is 1.78. The van der Waals surface area contributed by atoms with E-state index < -0.39 is 0 Å². The summed E-state index contributed by atoms with van der Waals surface area (Å²) in [6.45, 7) is 0. The van der Waals surface area contributed by atoms with E-state index in [0.717, 1.165) is 15.9 Å². The van der Waals surface area contributed by atoms with Gasteiger partial charge in [0.05, 0.1) is 11.0 Å². The number of hydrogen-bond donors (Lipinski definition) is 3. The Morgan fingerprint density at radius 1 is 1.22 bits per heavy atom. The molecule has 0 spiro atoms. The van der Waals surface area contributed by atoms with Crippen LogP contribution in [0.1, 0.15) is 0 Å². The van der Waals surface area contributed by atoms with Crippen molar-refractivity contribution in [3.05, 3.63) is 18.2 Å². The van der Waals surface area contributed by atoms with Crippen LogP contribution in [0.5, 0.6) is 0 Å². The Balaban J connectivity index is 2.86. The zero-order valence-corrected chi connectivity index (χ0v) is 5.57. The van der Waals surface area contributed by atoms with Crippen LogP contribution in [-0.2, 0) is 0 Å². The SMILES string of the molecule is Sc1cccc2[nH][nH]c12. The van der Waals surface area contributed by atoms with Gasteiger partial charge in [0, 0.05) is 4.90 Å². The number of nitrogens with one attached hydrogen (secondary N) is 2. The maximum absolute atomic E-state index is 4.22. The highest BCUT2D eigenvalue weighted by Gasteiger charge is 1.97. The first kappa shape index (κ1) is 4.99. The summed E-state index contributed by atoms with van der Waals surface area (Å²) in [6, 6.07) is 5.93. The first-order valence-electron chi connectivity index (χ1n) is 2.72. The Kier molecular flexibility index (Phi) is 0.873. The molecule has 2 rings (SSSR count). The molecule has 1 aromatic heterocycles. The molecule has 0 aliphatic carbocycles. The van der Waals surface area contributed by atoms with Crippen LogP contribution in [0.25, 0.3) is 11.0 Å².